The van der Waals surface area contributed by atoms with Gasteiger partial charge in [-0.25, -0.2) is 0 Å². The Kier molecular flexibility index (Phi) is 2.15. The molecule has 0 atom stereocenters. The molecule has 0 nitrogen and oxygen atoms in total. The lowest BCUT2D eigenvalue weighted by Gasteiger charge is -2.08. The Hall–Kier alpha value is 0.0900. The van der Waals surface area contributed by atoms with Crippen molar-refractivity contribution in [1.82, 2.24) is 0 Å². The minimum atomic E-state index is 0.403. The van der Waals surface area contributed by atoms with Crippen LogP contribution in [0.25, 0.3) is 0 Å². The van der Waals surface area contributed by atoms with Gasteiger partial charge in [-0.15, -0.1) is 0 Å². The maximum absolute atomic E-state index is 2.36. The third-order valence-corrected chi connectivity index (χ3v) is 4.79. The van der Waals surface area contributed by atoms with E-state index in [9.17, 15) is 0 Å². The second-order valence-electron chi connectivity index (χ2n) is 5.67. The summed E-state index contributed by atoms with van der Waals surface area (Å²) >= 11 is 0. The van der Waals surface area contributed by atoms with E-state index in [0.717, 1.165) is 0 Å². The molecular formula is C11H21S+. The molecular weight excluding hydrogens is 164 g/mol. The fourth-order valence-corrected chi connectivity index (χ4v) is 4.96. The molecule has 1 heteroatoms. The summed E-state index contributed by atoms with van der Waals surface area (Å²) in [5.74, 6) is 0. The van der Waals surface area contributed by atoms with Crippen LogP contribution in [0.3, 0.4) is 0 Å². The Bertz CT molecular complexity index is 198. The van der Waals surface area contributed by atoms with Gasteiger partial charge in [0.25, 0.3) is 0 Å². The fraction of sp³-hybridized carbons (Fsp3) is 0.818. The highest BCUT2D eigenvalue weighted by Crippen LogP contribution is 2.55. The van der Waals surface area contributed by atoms with Crippen molar-refractivity contribution in [2.24, 2.45) is 10.8 Å². The van der Waals surface area contributed by atoms with E-state index in [0.29, 0.717) is 21.7 Å². The molecule has 12 heavy (non-hydrogen) atoms. The van der Waals surface area contributed by atoms with E-state index in [1.54, 1.807) is 9.81 Å². The first-order valence-corrected chi connectivity index (χ1v) is 6.20. The van der Waals surface area contributed by atoms with Gasteiger partial charge in [-0.1, -0.05) is 41.5 Å². The van der Waals surface area contributed by atoms with Crippen molar-refractivity contribution in [1.29, 1.82) is 0 Å². The van der Waals surface area contributed by atoms with Crippen LogP contribution in [-0.4, -0.2) is 6.26 Å². The highest BCUT2D eigenvalue weighted by atomic mass is 32.2. The summed E-state index contributed by atoms with van der Waals surface area (Å²) in [6.07, 6.45) is 2.36. The molecule has 0 unspecified atom stereocenters. The highest BCUT2D eigenvalue weighted by Gasteiger charge is 2.58. The summed E-state index contributed by atoms with van der Waals surface area (Å²) in [5.41, 5.74) is 0.806. The third-order valence-electron chi connectivity index (χ3n) is 2.14. The van der Waals surface area contributed by atoms with E-state index in [1.165, 1.54) is 0 Å². The topological polar surface area (TPSA) is 0 Å². The summed E-state index contributed by atoms with van der Waals surface area (Å²) in [5, 5.41) is 0. The molecule has 0 radical (unpaired) electrons. The van der Waals surface area contributed by atoms with Crippen molar-refractivity contribution in [2.75, 3.05) is 6.26 Å². The molecule has 0 bridgehead atoms. The van der Waals surface area contributed by atoms with Crippen LogP contribution in [0.15, 0.2) is 9.81 Å². The maximum atomic E-state index is 2.36. The summed E-state index contributed by atoms with van der Waals surface area (Å²) in [7, 11) is 0.508. The Morgan fingerprint density at radius 1 is 0.750 bits per heavy atom. The van der Waals surface area contributed by atoms with Crippen LogP contribution in [0.1, 0.15) is 41.5 Å². The molecule has 0 saturated heterocycles. The maximum Gasteiger partial charge on any atom is 0.193 e. The minimum absolute atomic E-state index is 0.403. The molecule has 0 spiro atoms. The second-order valence-corrected chi connectivity index (χ2v) is 7.51. The SMILES string of the molecule is C[S+]1C(C(C)(C)C)=C1C(C)(C)C. The Labute approximate surface area is 79.8 Å². The predicted octanol–water partition coefficient (Wildman–Crippen LogP) is 3.55. The van der Waals surface area contributed by atoms with Gasteiger partial charge >= 0.3 is 0 Å². The average Bonchev–Trinajstić information content (AvgIpc) is 2.35. The molecule has 1 rings (SSSR count). The molecule has 1 heterocycles. The standard InChI is InChI=1S/C11H21S/c1-10(2,3)8-9(12(8)7)11(4,5)6/h1-7H3/q+1. The van der Waals surface area contributed by atoms with Crippen molar-refractivity contribution in [3.63, 3.8) is 0 Å². The van der Waals surface area contributed by atoms with E-state index < -0.39 is 0 Å². The second kappa shape index (κ2) is 2.54. The normalized spacial score (nSPS) is 20.2. The number of hydrogen-bond donors (Lipinski definition) is 0. The first kappa shape index (κ1) is 10.2. The molecule has 1 aliphatic heterocycles. The van der Waals surface area contributed by atoms with E-state index in [1.807, 2.05) is 0 Å². The Morgan fingerprint density at radius 2 is 1.00 bits per heavy atom. The zero-order chi connectivity index (χ0) is 9.73. The smallest absolute Gasteiger partial charge is 0.0516 e. The minimum Gasteiger partial charge on any atom is -0.0516 e. The van der Waals surface area contributed by atoms with Crippen LogP contribution >= 0.6 is 0 Å². The first-order chi connectivity index (χ1) is 5.15. The first-order valence-electron chi connectivity index (χ1n) is 4.57. The third kappa shape index (κ3) is 1.71. The van der Waals surface area contributed by atoms with Crippen molar-refractivity contribution >= 4 is 10.9 Å². The van der Waals surface area contributed by atoms with Crippen LogP contribution in [0, 0.1) is 10.8 Å². The largest absolute Gasteiger partial charge is 0.193 e. The molecule has 0 N–H and O–H groups in total. The predicted molar refractivity (Wildman–Crippen MR) is 59.2 cm³/mol. The molecule has 0 aliphatic carbocycles. The van der Waals surface area contributed by atoms with E-state index in [-0.39, 0.29) is 0 Å². The highest BCUT2D eigenvalue weighted by molar-refractivity contribution is 8.10. The van der Waals surface area contributed by atoms with Gasteiger partial charge < -0.3 is 0 Å². The van der Waals surface area contributed by atoms with Crippen LogP contribution in [0.2, 0.25) is 0 Å². The zero-order valence-corrected chi connectivity index (χ0v) is 10.2. The number of rotatable bonds is 0. The molecule has 70 valence electrons. The van der Waals surface area contributed by atoms with Gasteiger partial charge in [0, 0.05) is 10.8 Å². The molecule has 0 saturated carbocycles. The lowest BCUT2D eigenvalue weighted by molar-refractivity contribution is 0.502. The lowest BCUT2D eigenvalue weighted by Crippen LogP contribution is -2.04. The van der Waals surface area contributed by atoms with Gasteiger partial charge in [-0.2, -0.15) is 0 Å². The van der Waals surface area contributed by atoms with Crippen molar-refractivity contribution in [3.8, 4) is 0 Å². The van der Waals surface area contributed by atoms with Crippen molar-refractivity contribution in [2.45, 2.75) is 41.5 Å². The van der Waals surface area contributed by atoms with Gasteiger partial charge in [0.1, 0.15) is 6.26 Å². The van der Waals surface area contributed by atoms with E-state index >= 15 is 0 Å². The Morgan fingerprint density at radius 3 is 1.08 bits per heavy atom. The van der Waals surface area contributed by atoms with E-state index in [4.69, 9.17) is 0 Å². The van der Waals surface area contributed by atoms with Gasteiger partial charge in [0.2, 0.25) is 0 Å². The van der Waals surface area contributed by atoms with Gasteiger partial charge in [-0.05, 0) is 0 Å². The van der Waals surface area contributed by atoms with Crippen LogP contribution in [0.4, 0.5) is 0 Å². The molecule has 0 aromatic rings. The van der Waals surface area contributed by atoms with Crippen LogP contribution in [0.5, 0.6) is 0 Å². The van der Waals surface area contributed by atoms with Gasteiger partial charge in [0.15, 0.2) is 9.81 Å². The summed E-state index contributed by atoms with van der Waals surface area (Å²) in [4.78, 5) is 3.44. The van der Waals surface area contributed by atoms with Crippen LogP contribution in [-0.2, 0) is 10.9 Å². The monoisotopic (exact) mass is 185 g/mol. The zero-order valence-electron chi connectivity index (χ0n) is 9.41. The molecule has 0 amide bonds. The van der Waals surface area contributed by atoms with Crippen molar-refractivity contribution in [3.05, 3.63) is 9.81 Å². The average molecular weight is 185 g/mol. The Balaban J connectivity index is 2.90. The molecule has 0 fully saturated rings. The van der Waals surface area contributed by atoms with E-state index in [2.05, 4.69) is 47.8 Å². The van der Waals surface area contributed by atoms with Crippen molar-refractivity contribution < 1.29 is 0 Å². The van der Waals surface area contributed by atoms with Gasteiger partial charge in [0.05, 0.1) is 10.9 Å². The summed E-state index contributed by atoms with van der Waals surface area (Å²) < 4.78 is 0. The van der Waals surface area contributed by atoms with Gasteiger partial charge in [-0.3, -0.25) is 0 Å². The summed E-state index contributed by atoms with van der Waals surface area (Å²) in [6.45, 7) is 13.9. The fourth-order valence-electron chi connectivity index (χ4n) is 1.82. The molecule has 0 aromatic heterocycles. The molecule has 1 aliphatic rings. The molecule has 0 aromatic carbocycles. The van der Waals surface area contributed by atoms with Crippen LogP contribution < -0.4 is 0 Å². The summed E-state index contributed by atoms with van der Waals surface area (Å²) in [6, 6.07) is 0. The lowest BCUT2D eigenvalue weighted by atomic mass is 9.89. The number of allylic oxidation sites excluding steroid dienone is 2. The number of hydrogen-bond acceptors (Lipinski definition) is 0. The quantitative estimate of drug-likeness (QED) is 0.506.